The van der Waals surface area contributed by atoms with Gasteiger partial charge >= 0.3 is 0 Å². The highest BCUT2D eigenvalue weighted by Crippen LogP contribution is 2.25. The molecule has 0 saturated heterocycles. The van der Waals surface area contributed by atoms with Crippen molar-refractivity contribution in [3.8, 4) is 5.75 Å². The average Bonchev–Trinajstić information content (AvgIpc) is 2.14. The van der Waals surface area contributed by atoms with Crippen LogP contribution in [0.5, 0.6) is 5.75 Å². The van der Waals surface area contributed by atoms with Gasteiger partial charge in [-0.1, -0.05) is 13.8 Å². The molecule has 0 heterocycles. The highest BCUT2D eigenvalue weighted by Gasteiger charge is 2.15. The van der Waals surface area contributed by atoms with Crippen LogP contribution in [0.15, 0.2) is 23.1 Å². The number of hydrogen-bond acceptors (Lipinski definition) is 4. The first kappa shape index (κ1) is 12.8. The van der Waals surface area contributed by atoms with E-state index in [-0.39, 0.29) is 10.6 Å². The first-order valence-electron chi connectivity index (χ1n) is 4.86. The smallest absolute Gasteiger partial charge is 0.241 e. The van der Waals surface area contributed by atoms with Crippen LogP contribution in [0.2, 0.25) is 0 Å². The molecule has 1 aromatic carbocycles. The molecule has 0 spiro atoms. The van der Waals surface area contributed by atoms with Gasteiger partial charge in [-0.25, -0.2) is 13.6 Å². The summed E-state index contributed by atoms with van der Waals surface area (Å²) in [6, 6.07) is 4.38. The predicted molar refractivity (Wildman–Crippen MR) is 62.6 cm³/mol. The minimum absolute atomic E-state index is 0.0758. The maximum atomic E-state index is 11.3. The van der Waals surface area contributed by atoms with Crippen molar-refractivity contribution in [3.63, 3.8) is 0 Å². The summed E-state index contributed by atoms with van der Waals surface area (Å²) in [6.45, 7) is 4.36. The molecule has 1 aromatic rings. The van der Waals surface area contributed by atoms with E-state index in [1.165, 1.54) is 12.1 Å². The molecule has 0 radical (unpaired) electrons. The highest BCUT2D eigenvalue weighted by molar-refractivity contribution is 7.89. The summed E-state index contributed by atoms with van der Waals surface area (Å²) in [5, 5.41) is 5.07. The summed E-state index contributed by atoms with van der Waals surface area (Å²) in [7, 11) is -3.81. The Kier molecular flexibility index (Phi) is 3.77. The second-order valence-electron chi connectivity index (χ2n) is 3.96. The van der Waals surface area contributed by atoms with Gasteiger partial charge in [-0.05, 0) is 24.1 Å². The molecule has 0 aliphatic rings. The average molecular weight is 244 g/mol. The molecule has 0 atom stereocenters. The van der Waals surface area contributed by atoms with Gasteiger partial charge in [-0.15, -0.1) is 0 Å². The van der Waals surface area contributed by atoms with Crippen LogP contribution in [-0.4, -0.2) is 15.0 Å². The number of rotatable bonds is 4. The Labute approximate surface area is 95.4 Å². The monoisotopic (exact) mass is 244 g/mol. The van der Waals surface area contributed by atoms with Gasteiger partial charge in [0.25, 0.3) is 0 Å². The third kappa shape index (κ3) is 3.39. The minimum atomic E-state index is -3.81. The lowest BCUT2D eigenvalue weighted by atomic mass is 10.2. The Morgan fingerprint density at radius 3 is 2.50 bits per heavy atom. The maximum Gasteiger partial charge on any atom is 0.241 e. The van der Waals surface area contributed by atoms with Gasteiger partial charge < -0.3 is 10.5 Å². The van der Waals surface area contributed by atoms with Crippen LogP contribution in [0, 0.1) is 5.92 Å². The molecule has 0 unspecified atom stereocenters. The third-order valence-electron chi connectivity index (χ3n) is 1.85. The maximum absolute atomic E-state index is 11.3. The Hall–Kier alpha value is -1.27. The Morgan fingerprint density at radius 1 is 1.38 bits per heavy atom. The van der Waals surface area contributed by atoms with Crippen molar-refractivity contribution in [1.29, 1.82) is 0 Å². The molecule has 0 aliphatic carbocycles. The SMILES string of the molecule is CC(C)COc1ccc(N)cc1S(N)(=O)=O. The minimum Gasteiger partial charge on any atom is -0.492 e. The van der Waals surface area contributed by atoms with E-state index in [1.807, 2.05) is 13.8 Å². The van der Waals surface area contributed by atoms with Crippen LogP contribution in [0.4, 0.5) is 5.69 Å². The van der Waals surface area contributed by atoms with Crippen LogP contribution in [-0.2, 0) is 10.0 Å². The van der Waals surface area contributed by atoms with Crippen LogP contribution in [0.1, 0.15) is 13.8 Å². The van der Waals surface area contributed by atoms with E-state index in [4.69, 9.17) is 15.6 Å². The zero-order chi connectivity index (χ0) is 12.3. The van der Waals surface area contributed by atoms with E-state index in [0.29, 0.717) is 18.2 Å². The van der Waals surface area contributed by atoms with Gasteiger partial charge in [0.05, 0.1) is 6.61 Å². The van der Waals surface area contributed by atoms with Gasteiger partial charge in [0.1, 0.15) is 10.6 Å². The van der Waals surface area contributed by atoms with Crippen LogP contribution in [0.3, 0.4) is 0 Å². The first-order chi connectivity index (χ1) is 7.30. The van der Waals surface area contributed by atoms with Crippen molar-refractivity contribution in [2.24, 2.45) is 11.1 Å². The van der Waals surface area contributed by atoms with Gasteiger partial charge in [-0.3, -0.25) is 0 Å². The molecular weight excluding hydrogens is 228 g/mol. The number of primary sulfonamides is 1. The lowest BCUT2D eigenvalue weighted by molar-refractivity contribution is 0.264. The van der Waals surface area contributed by atoms with Crippen LogP contribution < -0.4 is 15.6 Å². The molecular formula is C10H16N2O3S. The van der Waals surface area contributed by atoms with Gasteiger partial charge in [0.15, 0.2) is 0 Å². The molecule has 0 aromatic heterocycles. The van der Waals surface area contributed by atoms with Crippen molar-refractivity contribution in [3.05, 3.63) is 18.2 Å². The third-order valence-corrected chi connectivity index (χ3v) is 2.78. The second-order valence-corrected chi connectivity index (χ2v) is 5.49. The van der Waals surface area contributed by atoms with E-state index in [2.05, 4.69) is 0 Å². The number of benzene rings is 1. The number of ether oxygens (including phenoxy) is 1. The van der Waals surface area contributed by atoms with Gasteiger partial charge in [0, 0.05) is 5.69 Å². The second kappa shape index (κ2) is 4.71. The Bertz CT molecular complexity index is 469. The summed E-state index contributed by atoms with van der Waals surface area (Å²) in [6.07, 6.45) is 0. The predicted octanol–water partition coefficient (Wildman–Crippen LogP) is 0.951. The quantitative estimate of drug-likeness (QED) is 0.771. The number of anilines is 1. The van der Waals surface area contributed by atoms with Crippen molar-refractivity contribution < 1.29 is 13.2 Å². The molecule has 6 heteroatoms. The van der Waals surface area contributed by atoms with Crippen molar-refractivity contribution >= 4 is 15.7 Å². The standard InChI is InChI=1S/C10H16N2O3S/c1-7(2)6-15-9-4-3-8(11)5-10(9)16(12,13)14/h3-5,7H,6,11H2,1-2H3,(H2,12,13,14). The van der Waals surface area contributed by atoms with E-state index < -0.39 is 10.0 Å². The molecule has 16 heavy (non-hydrogen) atoms. The topological polar surface area (TPSA) is 95.4 Å². The Balaban J connectivity index is 3.09. The summed E-state index contributed by atoms with van der Waals surface area (Å²) in [5.41, 5.74) is 5.84. The number of hydrogen-bond donors (Lipinski definition) is 2. The lowest BCUT2D eigenvalue weighted by Gasteiger charge is -2.12. The van der Waals surface area contributed by atoms with Gasteiger partial charge in [0.2, 0.25) is 10.0 Å². The van der Waals surface area contributed by atoms with Crippen molar-refractivity contribution in [2.45, 2.75) is 18.7 Å². The molecule has 0 amide bonds. The fourth-order valence-electron chi connectivity index (χ4n) is 1.12. The molecule has 4 N–H and O–H groups in total. The molecule has 5 nitrogen and oxygen atoms in total. The number of nitrogen functional groups attached to an aromatic ring is 1. The fraction of sp³-hybridized carbons (Fsp3) is 0.400. The van der Waals surface area contributed by atoms with E-state index in [9.17, 15) is 8.42 Å². The first-order valence-corrected chi connectivity index (χ1v) is 6.40. The summed E-state index contributed by atoms with van der Waals surface area (Å²) in [4.78, 5) is -0.0758. The number of sulfonamides is 1. The van der Waals surface area contributed by atoms with E-state index in [0.717, 1.165) is 0 Å². The summed E-state index contributed by atoms with van der Waals surface area (Å²) >= 11 is 0. The zero-order valence-electron chi connectivity index (χ0n) is 9.30. The van der Waals surface area contributed by atoms with Crippen LogP contribution >= 0.6 is 0 Å². The highest BCUT2D eigenvalue weighted by atomic mass is 32.2. The molecule has 0 bridgehead atoms. The largest absolute Gasteiger partial charge is 0.492 e. The van der Waals surface area contributed by atoms with Gasteiger partial charge in [-0.2, -0.15) is 0 Å². The number of nitrogens with two attached hydrogens (primary N) is 2. The Morgan fingerprint density at radius 2 is 2.00 bits per heavy atom. The normalized spacial score (nSPS) is 11.8. The van der Waals surface area contributed by atoms with Crippen molar-refractivity contribution in [2.75, 3.05) is 12.3 Å². The zero-order valence-corrected chi connectivity index (χ0v) is 10.1. The molecule has 0 saturated carbocycles. The molecule has 90 valence electrons. The summed E-state index contributed by atoms with van der Waals surface area (Å²) in [5.74, 6) is 0.538. The van der Waals surface area contributed by atoms with E-state index in [1.54, 1.807) is 6.07 Å². The van der Waals surface area contributed by atoms with Crippen LogP contribution in [0.25, 0.3) is 0 Å². The van der Waals surface area contributed by atoms with Crippen molar-refractivity contribution in [1.82, 2.24) is 0 Å². The lowest BCUT2D eigenvalue weighted by Crippen LogP contribution is -2.15. The molecule has 1 rings (SSSR count). The molecule has 0 fully saturated rings. The fourth-order valence-corrected chi connectivity index (χ4v) is 1.83. The molecule has 0 aliphatic heterocycles. The summed E-state index contributed by atoms with van der Waals surface area (Å²) < 4.78 is 28.0. The van der Waals surface area contributed by atoms with E-state index >= 15 is 0 Å².